The zero-order valence-corrected chi connectivity index (χ0v) is 7.55. The molecule has 64 valence electrons. The first kappa shape index (κ1) is 10.4. The van der Waals surface area contributed by atoms with Crippen molar-refractivity contribution in [2.24, 2.45) is 0 Å². The van der Waals surface area contributed by atoms with Crippen LogP contribution in [0.4, 0.5) is 0 Å². The van der Waals surface area contributed by atoms with Crippen LogP contribution in [0.25, 0.3) is 0 Å². The van der Waals surface area contributed by atoms with Gasteiger partial charge < -0.3 is 4.74 Å². The molecule has 0 aliphatic rings. The molecule has 0 rings (SSSR count). The van der Waals surface area contributed by atoms with Crippen LogP contribution in [0.2, 0.25) is 0 Å². The van der Waals surface area contributed by atoms with E-state index in [1.165, 1.54) is 0 Å². The summed E-state index contributed by atoms with van der Waals surface area (Å²) in [5, 5.41) is 0. The summed E-state index contributed by atoms with van der Waals surface area (Å²) in [6.07, 6.45) is 10.5. The van der Waals surface area contributed by atoms with Crippen molar-refractivity contribution >= 4 is 0 Å². The Balaban J connectivity index is 3.09. The molecule has 0 aliphatic carbocycles. The third-order valence-electron chi connectivity index (χ3n) is 1.25. The Bertz CT molecular complexity index is 114. The Hall–Kier alpha value is -0.560. The SMILES string of the molecule is CC/C=C\C=C/CCOCC. The van der Waals surface area contributed by atoms with Gasteiger partial charge in [-0.05, 0) is 19.8 Å². The van der Waals surface area contributed by atoms with Crippen LogP contribution in [0.3, 0.4) is 0 Å². The summed E-state index contributed by atoms with van der Waals surface area (Å²) in [6.45, 7) is 5.80. The Kier molecular flexibility index (Phi) is 8.96. The van der Waals surface area contributed by atoms with E-state index in [0.29, 0.717) is 0 Å². The predicted octanol–water partition coefficient (Wildman–Crippen LogP) is 2.94. The molecule has 0 bridgehead atoms. The maximum absolute atomic E-state index is 5.16. The van der Waals surface area contributed by atoms with Gasteiger partial charge in [-0.1, -0.05) is 31.2 Å². The minimum absolute atomic E-state index is 0.818. The molecule has 11 heavy (non-hydrogen) atoms. The van der Waals surface area contributed by atoms with E-state index in [-0.39, 0.29) is 0 Å². The van der Waals surface area contributed by atoms with Gasteiger partial charge in [-0.2, -0.15) is 0 Å². The molecule has 0 unspecified atom stereocenters. The molecule has 0 N–H and O–H groups in total. The van der Waals surface area contributed by atoms with Crippen molar-refractivity contribution in [1.29, 1.82) is 0 Å². The van der Waals surface area contributed by atoms with E-state index in [2.05, 4.69) is 31.2 Å². The Morgan fingerprint density at radius 2 is 1.82 bits per heavy atom. The van der Waals surface area contributed by atoms with Gasteiger partial charge in [0.1, 0.15) is 0 Å². The first-order valence-corrected chi connectivity index (χ1v) is 4.31. The van der Waals surface area contributed by atoms with Gasteiger partial charge >= 0.3 is 0 Å². The Morgan fingerprint density at radius 1 is 1.09 bits per heavy atom. The Labute approximate surface area is 69.8 Å². The average Bonchev–Trinajstić information content (AvgIpc) is 2.03. The number of hydrogen-bond acceptors (Lipinski definition) is 1. The maximum Gasteiger partial charge on any atom is 0.0500 e. The second kappa shape index (κ2) is 9.44. The molecule has 0 aliphatic heterocycles. The van der Waals surface area contributed by atoms with Crippen molar-refractivity contribution in [3.63, 3.8) is 0 Å². The molecule has 0 aromatic rings. The normalized spacial score (nSPS) is 11.8. The average molecular weight is 154 g/mol. The minimum Gasteiger partial charge on any atom is -0.381 e. The molecule has 1 heteroatoms. The smallest absolute Gasteiger partial charge is 0.0500 e. The zero-order valence-electron chi connectivity index (χ0n) is 7.55. The molecule has 0 saturated carbocycles. The fourth-order valence-electron chi connectivity index (χ4n) is 0.685. The molecule has 0 fully saturated rings. The maximum atomic E-state index is 5.16. The first-order valence-electron chi connectivity index (χ1n) is 4.31. The van der Waals surface area contributed by atoms with Crippen molar-refractivity contribution in [3.8, 4) is 0 Å². The molecule has 0 atom stereocenters. The van der Waals surface area contributed by atoms with Gasteiger partial charge in [0.25, 0.3) is 0 Å². The summed E-state index contributed by atoms with van der Waals surface area (Å²) in [4.78, 5) is 0. The monoisotopic (exact) mass is 154 g/mol. The van der Waals surface area contributed by atoms with Gasteiger partial charge in [-0.25, -0.2) is 0 Å². The zero-order chi connectivity index (χ0) is 8.36. The van der Waals surface area contributed by atoms with Crippen LogP contribution in [0.5, 0.6) is 0 Å². The van der Waals surface area contributed by atoms with E-state index < -0.39 is 0 Å². The highest BCUT2D eigenvalue weighted by Gasteiger charge is 1.77. The van der Waals surface area contributed by atoms with Crippen molar-refractivity contribution in [1.82, 2.24) is 0 Å². The number of hydrogen-bond donors (Lipinski definition) is 0. The summed E-state index contributed by atoms with van der Waals surface area (Å²) < 4.78 is 5.16. The molecule has 0 aromatic heterocycles. The summed E-state index contributed by atoms with van der Waals surface area (Å²) in [6, 6.07) is 0. The molecule has 0 saturated heterocycles. The summed E-state index contributed by atoms with van der Waals surface area (Å²) in [7, 11) is 0. The van der Waals surface area contributed by atoms with E-state index in [4.69, 9.17) is 4.74 Å². The van der Waals surface area contributed by atoms with Gasteiger partial charge in [0.15, 0.2) is 0 Å². The van der Waals surface area contributed by atoms with Gasteiger partial charge in [0.2, 0.25) is 0 Å². The topological polar surface area (TPSA) is 9.23 Å². The van der Waals surface area contributed by atoms with E-state index in [1.807, 2.05) is 6.92 Å². The number of allylic oxidation sites excluding steroid dienone is 3. The van der Waals surface area contributed by atoms with Crippen molar-refractivity contribution in [2.45, 2.75) is 26.7 Å². The van der Waals surface area contributed by atoms with Gasteiger partial charge in [-0.3, -0.25) is 0 Å². The van der Waals surface area contributed by atoms with Crippen molar-refractivity contribution in [3.05, 3.63) is 24.3 Å². The highest BCUT2D eigenvalue weighted by atomic mass is 16.5. The van der Waals surface area contributed by atoms with E-state index in [9.17, 15) is 0 Å². The van der Waals surface area contributed by atoms with Crippen LogP contribution in [-0.2, 0) is 4.74 Å². The van der Waals surface area contributed by atoms with E-state index in [0.717, 1.165) is 26.1 Å². The van der Waals surface area contributed by atoms with Gasteiger partial charge in [0.05, 0.1) is 0 Å². The fraction of sp³-hybridized carbons (Fsp3) is 0.600. The highest BCUT2D eigenvalue weighted by Crippen LogP contribution is 1.87. The number of ether oxygens (including phenoxy) is 1. The molecule has 0 aromatic carbocycles. The van der Waals surface area contributed by atoms with Crippen LogP contribution >= 0.6 is 0 Å². The van der Waals surface area contributed by atoms with Crippen LogP contribution in [0.1, 0.15) is 26.7 Å². The lowest BCUT2D eigenvalue weighted by atomic mass is 10.3. The largest absolute Gasteiger partial charge is 0.381 e. The van der Waals surface area contributed by atoms with Crippen LogP contribution in [0, 0.1) is 0 Å². The molecular weight excluding hydrogens is 136 g/mol. The molecule has 1 nitrogen and oxygen atoms in total. The second-order valence-corrected chi connectivity index (χ2v) is 2.25. The lowest BCUT2D eigenvalue weighted by Gasteiger charge is -1.93. The summed E-state index contributed by atoms with van der Waals surface area (Å²) in [5.74, 6) is 0. The highest BCUT2D eigenvalue weighted by molar-refractivity contribution is 5.01. The molecular formula is C10H18O. The Morgan fingerprint density at radius 3 is 2.45 bits per heavy atom. The van der Waals surface area contributed by atoms with Crippen LogP contribution < -0.4 is 0 Å². The third-order valence-corrected chi connectivity index (χ3v) is 1.25. The third kappa shape index (κ3) is 9.44. The second-order valence-electron chi connectivity index (χ2n) is 2.25. The summed E-state index contributed by atoms with van der Waals surface area (Å²) in [5.41, 5.74) is 0. The lowest BCUT2D eigenvalue weighted by molar-refractivity contribution is 0.152. The molecule has 0 amide bonds. The minimum atomic E-state index is 0.818. The van der Waals surface area contributed by atoms with E-state index in [1.54, 1.807) is 0 Å². The molecule has 0 radical (unpaired) electrons. The summed E-state index contributed by atoms with van der Waals surface area (Å²) >= 11 is 0. The standard InChI is InChI=1S/C10H18O/c1-3-5-6-7-8-9-10-11-4-2/h5-8H,3-4,9-10H2,1-2H3/b6-5-,8-7-. The predicted molar refractivity (Wildman–Crippen MR) is 49.7 cm³/mol. The van der Waals surface area contributed by atoms with E-state index >= 15 is 0 Å². The fourth-order valence-corrected chi connectivity index (χ4v) is 0.685. The van der Waals surface area contributed by atoms with Crippen molar-refractivity contribution < 1.29 is 4.74 Å². The first-order chi connectivity index (χ1) is 5.41. The van der Waals surface area contributed by atoms with Crippen molar-refractivity contribution in [2.75, 3.05) is 13.2 Å². The van der Waals surface area contributed by atoms with Crippen LogP contribution in [0.15, 0.2) is 24.3 Å². The van der Waals surface area contributed by atoms with Crippen LogP contribution in [-0.4, -0.2) is 13.2 Å². The number of rotatable bonds is 6. The molecule has 0 heterocycles. The quantitative estimate of drug-likeness (QED) is 0.422. The van der Waals surface area contributed by atoms with Gasteiger partial charge in [-0.15, -0.1) is 0 Å². The lowest BCUT2D eigenvalue weighted by Crippen LogP contribution is -1.89. The molecule has 0 spiro atoms. The van der Waals surface area contributed by atoms with Gasteiger partial charge in [0, 0.05) is 13.2 Å².